The molecule has 2 aromatic rings. The highest BCUT2D eigenvalue weighted by atomic mass is 16.2. The lowest BCUT2D eigenvalue weighted by atomic mass is 10.1. The number of nitrogens with one attached hydrogen (secondary N) is 1. The molecule has 0 spiro atoms. The first-order valence-electron chi connectivity index (χ1n) is 10.2. The second-order valence-corrected chi connectivity index (χ2v) is 7.63. The van der Waals surface area contributed by atoms with Crippen LogP contribution in [-0.2, 0) is 11.3 Å². The molecule has 1 unspecified atom stereocenters. The van der Waals surface area contributed by atoms with Crippen LogP contribution in [0.15, 0.2) is 54.9 Å². The summed E-state index contributed by atoms with van der Waals surface area (Å²) in [6.07, 6.45) is 3.65. The third-order valence-corrected chi connectivity index (χ3v) is 5.71. The van der Waals surface area contributed by atoms with Crippen LogP contribution in [0.25, 0.3) is 0 Å². The number of aromatic nitrogens is 1. The molecule has 2 aliphatic rings. The first-order chi connectivity index (χ1) is 13.8. The lowest BCUT2D eigenvalue weighted by Crippen LogP contribution is -2.54. The zero-order valence-electron chi connectivity index (χ0n) is 16.3. The highest BCUT2D eigenvalue weighted by Gasteiger charge is 2.29. The third-order valence-electron chi connectivity index (χ3n) is 5.71. The quantitative estimate of drug-likeness (QED) is 0.851. The molecule has 1 N–H and O–H groups in total. The van der Waals surface area contributed by atoms with Crippen molar-refractivity contribution in [1.82, 2.24) is 25.0 Å². The van der Waals surface area contributed by atoms with Gasteiger partial charge in [-0.1, -0.05) is 36.4 Å². The molecule has 2 saturated heterocycles. The summed E-state index contributed by atoms with van der Waals surface area (Å²) in [5, 5.41) is 3.41. The van der Waals surface area contributed by atoms with Crippen molar-refractivity contribution in [2.24, 2.45) is 0 Å². The van der Waals surface area contributed by atoms with Gasteiger partial charge in [0.05, 0.1) is 12.6 Å². The summed E-state index contributed by atoms with van der Waals surface area (Å²) in [5.41, 5.74) is 2.46. The first kappa shape index (κ1) is 19.1. The fraction of sp³-hybridized carbons (Fsp3) is 0.455. The Hall–Kier alpha value is -2.28. The lowest BCUT2D eigenvalue weighted by molar-refractivity contribution is -0.136. The van der Waals surface area contributed by atoms with Gasteiger partial charge in [-0.15, -0.1) is 0 Å². The summed E-state index contributed by atoms with van der Waals surface area (Å²) in [6.45, 7) is 7.82. The molecule has 6 heteroatoms. The van der Waals surface area contributed by atoms with Crippen molar-refractivity contribution >= 4 is 5.91 Å². The van der Waals surface area contributed by atoms with Crippen LogP contribution in [0.2, 0.25) is 0 Å². The third kappa shape index (κ3) is 4.76. The molecule has 1 amide bonds. The number of hydrogen-bond donors (Lipinski definition) is 1. The van der Waals surface area contributed by atoms with Crippen LogP contribution in [0.3, 0.4) is 0 Å². The molecule has 0 radical (unpaired) electrons. The van der Waals surface area contributed by atoms with E-state index in [1.807, 2.05) is 17.2 Å². The Morgan fingerprint density at radius 1 is 1.00 bits per heavy atom. The smallest absolute Gasteiger partial charge is 0.237 e. The van der Waals surface area contributed by atoms with E-state index in [1.54, 1.807) is 6.20 Å². The molecule has 0 saturated carbocycles. The SMILES string of the molecule is O=C(CN1CCN(Cc2ccccc2)CC1)N1CCNCC1c1cccnc1. The topological polar surface area (TPSA) is 51.7 Å². The van der Waals surface area contributed by atoms with Crippen LogP contribution in [0.4, 0.5) is 0 Å². The number of pyridine rings is 1. The van der Waals surface area contributed by atoms with Gasteiger partial charge in [0.25, 0.3) is 0 Å². The summed E-state index contributed by atoms with van der Waals surface area (Å²) >= 11 is 0. The number of nitrogens with zero attached hydrogens (tertiary/aromatic N) is 4. The van der Waals surface area contributed by atoms with E-state index in [-0.39, 0.29) is 11.9 Å². The van der Waals surface area contributed by atoms with E-state index in [0.29, 0.717) is 6.54 Å². The van der Waals surface area contributed by atoms with E-state index in [4.69, 9.17) is 0 Å². The predicted molar refractivity (Wildman–Crippen MR) is 110 cm³/mol. The predicted octanol–water partition coefficient (Wildman–Crippen LogP) is 1.37. The fourth-order valence-electron chi connectivity index (χ4n) is 4.10. The largest absolute Gasteiger partial charge is 0.332 e. The molecule has 1 aromatic carbocycles. The molecule has 2 fully saturated rings. The average Bonchev–Trinajstić information content (AvgIpc) is 2.76. The number of carbonyl (C=O) groups is 1. The second kappa shape index (κ2) is 9.28. The summed E-state index contributed by atoms with van der Waals surface area (Å²) in [6, 6.07) is 14.7. The van der Waals surface area contributed by atoms with Crippen LogP contribution >= 0.6 is 0 Å². The van der Waals surface area contributed by atoms with Crippen LogP contribution in [0, 0.1) is 0 Å². The van der Waals surface area contributed by atoms with Gasteiger partial charge in [0, 0.05) is 64.8 Å². The van der Waals surface area contributed by atoms with Crippen LogP contribution in [-0.4, -0.2) is 77.9 Å². The molecular weight excluding hydrogens is 350 g/mol. The van der Waals surface area contributed by atoms with Crippen molar-refractivity contribution < 1.29 is 4.79 Å². The van der Waals surface area contributed by atoms with Crippen molar-refractivity contribution in [2.75, 3.05) is 52.4 Å². The molecule has 3 heterocycles. The maximum absolute atomic E-state index is 13.0. The molecule has 0 aliphatic carbocycles. The molecule has 6 nitrogen and oxygen atoms in total. The molecule has 2 aliphatic heterocycles. The van der Waals surface area contributed by atoms with Gasteiger partial charge in [-0.25, -0.2) is 0 Å². The Balaban J connectivity index is 1.30. The van der Waals surface area contributed by atoms with E-state index in [9.17, 15) is 4.79 Å². The maximum Gasteiger partial charge on any atom is 0.237 e. The van der Waals surface area contributed by atoms with Gasteiger partial charge in [-0.3, -0.25) is 19.6 Å². The Kier molecular flexibility index (Phi) is 6.31. The Bertz CT molecular complexity index is 746. The monoisotopic (exact) mass is 379 g/mol. The molecule has 1 aromatic heterocycles. The average molecular weight is 380 g/mol. The van der Waals surface area contributed by atoms with Crippen LogP contribution in [0.1, 0.15) is 17.2 Å². The van der Waals surface area contributed by atoms with Crippen molar-refractivity contribution in [3.8, 4) is 0 Å². The minimum absolute atomic E-state index is 0.0781. The maximum atomic E-state index is 13.0. The lowest BCUT2D eigenvalue weighted by Gasteiger charge is -2.39. The number of piperazine rings is 2. The molecule has 28 heavy (non-hydrogen) atoms. The van der Waals surface area contributed by atoms with Crippen LogP contribution < -0.4 is 5.32 Å². The number of amides is 1. The van der Waals surface area contributed by atoms with E-state index in [1.165, 1.54) is 5.56 Å². The second-order valence-electron chi connectivity index (χ2n) is 7.63. The van der Waals surface area contributed by atoms with Gasteiger partial charge in [0.2, 0.25) is 5.91 Å². The van der Waals surface area contributed by atoms with Crippen molar-refractivity contribution in [3.63, 3.8) is 0 Å². The molecule has 1 atom stereocenters. The van der Waals surface area contributed by atoms with Crippen molar-refractivity contribution in [2.45, 2.75) is 12.6 Å². The van der Waals surface area contributed by atoms with Gasteiger partial charge >= 0.3 is 0 Å². The number of carbonyl (C=O) groups excluding carboxylic acids is 1. The molecule has 0 bridgehead atoms. The van der Waals surface area contributed by atoms with Gasteiger partial charge in [0.1, 0.15) is 0 Å². The molecule has 148 valence electrons. The number of rotatable bonds is 5. The summed E-state index contributed by atoms with van der Waals surface area (Å²) in [5.74, 6) is 0.229. The van der Waals surface area contributed by atoms with E-state index >= 15 is 0 Å². The Labute approximate surface area is 167 Å². The van der Waals surface area contributed by atoms with Crippen LogP contribution in [0.5, 0.6) is 0 Å². The van der Waals surface area contributed by atoms with Gasteiger partial charge in [0.15, 0.2) is 0 Å². The standard InChI is InChI=1S/C22H29N5O/c28-22(27-10-9-24-16-21(27)20-7-4-8-23-15-20)18-26-13-11-25(12-14-26)17-19-5-2-1-3-6-19/h1-8,15,21,24H,9-14,16-18H2. The minimum atomic E-state index is 0.0781. The molecular formula is C22H29N5O. The van der Waals surface area contributed by atoms with Crippen molar-refractivity contribution in [1.29, 1.82) is 0 Å². The molecule has 4 rings (SSSR count). The number of hydrogen-bond acceptors (Lipinski definition) is 5. The van der Waals surface area contributed by atoms with E-state index in [0.717, 1.165) is 57.9 Å². The highest BCUT2D eigenvalue weighted by Crippen LogP contribution is 2.22. The Morgan fingerprint density at radius 2 is 1.79 bits per heavy atom. The van der Waals surface area contributed by atoms with Gasteiger partial charge in [-0.2, -0.15) is 0 Å². The zero-order valence-corrected chi connectivity index (χ0v) is 16.3. The number of benzene rings is 1. The highest BCUT2D eigenvalue weighted by molar-refractivity contribution is 5.79. The Morgan fingerprint density at radius 3 is 2.54 bits per heavy atom. The van der Waals surface area contributed by atoms with Crippen molar-refractivity contribution in [3.05, 3.63) is 66.0 Å². The summed E-state index contributed by atoms with van der Waals surface area (Å²) in [4.78, 5) is 24.1. The van der Waals surface area contributed by atoms with E-state index in [2.05, 4.69) is 56.5 Å². The minimum Gasteiger partial charge on any atom is -0.332 e. The first-order valence-corrected chi connectivity index (χ1v) is 10.2. The van der Waals surface area contributed by atoms with E-state index < -0.39 is 0 Å². The summed E-state index contributed by atoms with van der Waals surface area (Å²) < 4.78 is 0. The van der Waals surface area contributed by atoms with Gasteiger partial charge in [-0.05, 0) is 17.2 Å². The normalized spacial score (nSPS) is 21.6. The van der Waals surface area contributed by atoms with Gasteiger partial charge < -0.3 is 10.2 Å². The summed E-state index contributed by atoms with van der Waals surface area (Å²) in [7, 11) is 0. The zero-order chi connectivity index (χ0) is 19.2. The fourth-order valence-corrected chi connectivity index (χ4v) is 4.10.